The summed E-state index contributed by atoms with van der Waals surface area (Å²) in [5.41, 5.74) is 1.15. The van der Waals surface area contributed by atoms with Crippen LogP contribution in [0.3, 0.4) is 0 Å². The first-order valence-corrected chi connectivity index (χ1v) is 10.1. The highest BCUT2D eigenvalue weighted by Crippen LogP contribution is 2.38. The number of nitrogens with zero attached hydrogens (tertiary/aromatic N) is 1. The summed E-state index contributed by atoms with van der Waals surface area (Å²) < 4.78 is 25.5. The van der Waals surface area contributed by atoms with Crippen LogP contribution in [0.25, 0.3) is 0 Å². The second kappa shape index (κ2) is 7.93. The van der Waals surface area contributed by atoms with Crippen LogP contribution >= 0.6 is 0 Å². The van der Waals surface area contributed by atoms with Gasteiger partial charge in [-0.05, 0) is 42.2 Å². The van der Waals surface area contributed by atoms with Gasteiger partial charge in [0.1, 0.15) is 19.0 Å². The first-order chi connectivity index (χ1) is 14.0. The van der Waals surface area contributed by atoms with Gasteiger partial charge in [0, 0.05) is 18.5 Å². The summed E-state index contributed by atoms with van der Waals surface area (Å²) >= 11 is 0. The maximum Gasteiger partial charge on any atom is 0.317 e. The van der Waals surface area contributed by atoms with Crippen LogP contribution in [0.4, 0.5) is 9.18 Å². The average Bonchev–Trinajstić information content (AvgIpc) is 3.22. The molecule has 0 aromatic heterocycles. The van der Waals surface area contributed by atoms with E-state index in [1.807, 2.05) is 43.0 Å². The molecule has 0 bridgehead atoms. The Balaban J connectivity index is 1.45. The molecule has 1 fully saturated rings. The smallest absolute Gasteiger partial charge is 0.317 e. The molecule has 2 aromatic carbocycles. The van der Waals surface area contributed by atoms with Gasteiger partial charge in [-0.3, -0.25) is 0 Å². The summed E-state index contributed by atoms with van der Waals surface area (Å²) in [5, 5.41) is 3.02. The first-order valence-electron chi connectivity index (χ1n) is 10.1. The molecule has 29 heavy (non-hydrogen) atoms. The number of nitrogens with one attached hydrogen (secondary N) is 1. The number of hydrogen-bond acceptors (Lipinski definition) is 3. The van der Waals surface area contributed by atoms with E-state index in [9.17, 15) is 9.18 Å². The molecular formula is C23H27FN2O3. The zero-order valence-electron chi connectivity index (χ0n) is 16.9. The molecule has 2 heterocycles. The first kappa shape index (κ1) is 19.6. The molecule has 0 spiro atoms. The lowest BCUT2D eigenvalue weighted by Crippen LogP contribution is -2.44. The van der Waals surface area contributed by atoms with Gasteiger partial charge in [-0.25, -0.2) is 9.18 Å². The van der Waals surface area contributed by atoms with E-state index in [0.717, 1.165) is 29.9 Å². The molecule has 1 atom stereocenters. The van der Waals surface area contributed by atoms with Crippen molar-refractivity contribution >= 4 is 6.03 Å². The Labute approximate surface area is 170 Å². The molecule has 1 N–H and O–H groups in total. The van der Waals surface area contributed by atoms with E-state index in [1.165, 1.54) is 6.07 Å². The van der Waals surface area contributed by atoms with Crippen molar-refractivity contribution in [3.63, 3.8) is 0 Å². The number of carbonyl (C=O) groups is 1. The van der Waals surface area contributed by atoms with Crippen LogP contribution in [0, 0.1) is 5.82 Å². The summed E-state index contributed by atoms with van der Waals surface area (Å²) in [4.78, 5) is 14.8. The third kappa shape index (κ3) is 4.02. The standard InChI is InChI=1S/C23H27FN2O3/c1-23(2,17-6-3-4-7-18(17)24)15-25-22(27)26-11-5-8-19(26)16-9-10-20-21(14-16)29-13-12-28-20/h3-4,6-7,9-10,14,19H,5,8,11-13,15H2,1-2H3,(H,25,27). The largest absolute Gasteiger partial charge is 0.486 e. The van der Waals surface area contributed by atoms with Crippen molar-refractivity contribution in [2.75, 3.05) is 26.3 Å². The van der Waals surface area contributed by atoms with Crippen LogP contribution in [0.5, 0.6) is 11.5 Å². The molecule has 2 amide bonds. The van der Waals surface area contributed by atoms with Gasteiger partial charge in [0.05, 0.1) is 6.04 Å². The normalized spacial score (nSPS) is 18.6. The SMILES string of the molecule is CC(C)(CNC(=O)N1CCCC1c1ccc2c(c1)OCCO2)c1ccccc1F. The summed E-state index contributed by atoms with van der Waals surface area (Å²) in [5.74, 6) is 1.24. The third-order valence-electron chi connectivity index (χ3n) is 5.75. The van der Waals surface area contributed by atoms with E-state index in [1.54, 1.807) is 12.1 Å². The molecule has 6 heteroatoms. The van der Waals surface area contributed by atoms with Crippen molar-refractivity contribution < 1.29 is 18.7 Å². The minimum Gasteiger partial charge on any atom is -0.486 e. The number of ether oxygens (including phenoxy) is 2. The van der Waals surface area contributed by atoms with Crippen molar-refractivity contribution in [3.05, 3.63) is 59.4 Å². The van der Waals surface area contributed by atoms with E-state index in [2.05, 4.69) is 5.32 Å². The average molecular weight is 398 g/mol. The molecule has 2 aromatic rings. The fourth-order valence-corrected chi connectivity index (χ4v) is 4.13. The minimum absolute atomic E-state index is 0.00222. The van der Waals surface area contributed by atoms with Crippen LogP contribution in [-0.2, 0) is 5.41 Å². The van der Waals surface area contributed by atoms with Crippen molar-refractivity contribution in [3.8, 4) is 11.5 Å². The van der Waals surface area contributed by atoms with E-state index in [-0.39, 0.29) is 17.9 Å². The fourth-order valence-electron chi connectivity index (χ4n) is 4.13. The lowest BCUT2D eigenvalue weighted by atomic mass is 9.84. The number of rotatable bonds is 4. The van der Waals surface area contributed by atoms with E-state index >= 15 is 0 Å². The van der Waals surface area contributed by atoms with Crippen molar-refractivity contribution in [2.24, 2.45) is 0 Å². The molecule has 1 unspecified atom stereocenters. The van der Waals surface area contributed by atoms with Crippen molar-refractivity contribution in [2.45, 2.75) is 38.1 Å². The second-order valence-electron chi connectivity index (χ2n) is 8.28. The van der Waals surface area contributed by atoms with Gasteiger partial charge in [-0.15, -0.1) is 0 Å². The maximum atomic E-state index is 14.2. The molecule has 154 valence electrons. The van der Waals surface area contributed by atoms with Crippen molar-refractivity contribution in [1.29, 1.82) is 0 Å². The van der Waals surface area contributed by atoms with Crippen LogP contribution < -0.4 is 14.8 Å². The molecular weight excluding hydrogens is 371 g/mol. The predicted molar refractivity (Wildman–Crippen MR) is 109 cm³/mol. The Morgan fingerprint density at radius 2 is 1.93 bits per heavy atom. The molecule has 5 nitrogen and oxygen atoms in total. The maximum absolute atomic E-state index is 14.2. The van der Waals surface area contributed by atoms with Gasteiger partial charge < -0.3 is 19.7 Å². The number of carbonyl (C=O) groups excluding carboxylic acids is 1. The fraction of sp³-hybridized carbons (Fsp3) is 0.435. The molecule has 2 aliphatic rings. The molecule has 0 aliphatic carbocycles. The van der Waals surface area contributed by atoms with E-state index in [0.29, 0.717) is 31.9 Å². The molecule has 1 saturated heterocycles. The van der Waals surface area contributed by atoms with Crippen molar-refractivity contribution in [1.82, 2.24) is 10.2 Å². The van der Waals surface area contributed by atoms with Gasteiger partial charge in [-0.1, -0.05) is 38.1 Å². The summed E-state index contributed by atoms with van der Waals surface area (Å²) in [6.07, 6.45) is 1.85. The zero-order valence-corrected chi connectivity index (χ0v) is 16.9. The number of likely N-dealkylation sites (tertiary alicyclic amines) is 1. The summed E-state index contributed by atoms with van der Waals surface area (Å²) in [6.45, 7) is 6.03. The minimum atomic E-state index is -0.507. The number of halogens is 1. The highest BCUT2D eigenvalue weighted by Gasteiger charge is 2.32. The van der Waals surface area contributed by atoms with E-state index in [4.69, 9.17) is 9.47 Å². The Kier molecular flexibility index (Phi) is 5.35. The van der Waals surface area contributed by atoms with Crippen LogP contribution in [0.2, 0.25) is 0 Å². The number of benzene rings is 2. The van der Waals surface area contributed by atoms with Gasteiger partial charge in [-0.2, -0.15) is 0 Å². The van der Waals surface area contributed by atoms with E-state index < -0.39 is 5.41 Å². The molecule has 0 saturated carbocycles. The highest BCUT2D eigenvalue weighted by molar-refractivity contribution is 5.75. The number of fused-ring (bicyclic) bond motifs is 1. The lowest BCUT2D eigenvalue weighted by Gasteiger charge is -2.30. The summed E-state index contributed by atoms with van der Waals surface area (Å²) in [7, 11) is 0. The van der Waals surface area contributed by atoms with Gasteiger partial charge in [0.2, 0.25) is 0 Å². The Bertz CT molecular complexity index is 899. The van der Waals surface area contributed by atoms with Crippen LogP contribution in [0.15, 0.2) is 42.5 Å². The highest BCUT2D eigenvalue weighted by atomic mass is 19.1. The Morgan fingerprint density at radius 1 is 1.17 bits per heavy atom. The second-order valence-corrected chi connectivity index (χ2v) is 8.28. The Hall–Kier alpha value is -2.76. The van der Waals surface area contributed by atoms with Crippen LogP contribution in [0.1, 0.15) is 43.9 Å². The monoisotopic (exact) mass is 398 g/mol. The van der Waals surface area contributed by atoms with Gasteiger partial charge in [0.25, 0.3) is 0 Å². The zero-order chi connectivity index (χ0) is 20.4. The predicted octanol–water partition coefficient (Wildman–Crippen LogP) is 4.42. The number of amides is 2. The Morgan fingerprint density at radius 3 is 2.72 bits per heavy atom. The molecule has 0 radical (unpaired) electrons. The van der Waals surface area contributed by atoms with Crippen LogP contribution in [-0.4, -0.2) is 37.2 Å². The topological polar surface area (TPSA) is 50.8 Å². The molecule has 2 aliphatic heterocycles. The summed E-state index contributed by atoms with van der Waals surface area (Å²) in [6, 6.07) is 12.5. The lowest BCUT2D eigenvalue weighted by molar-refractivity contribution is 0.170. The van der Waals surface area contributed by atoms with Gasteiger partial charge >= 0.3 is 6.03 Å². The molecule has 4 rings (SSSR count). The number of urea groups is 1. The third-order valence-corrected chi connectivity index (χ3v) is 5.75. The number of hydrogen-bond donors (Lipinski definition) is 1. The quantitative estimate of drug-likeness (QED) is 0.829. The van der Waals surface area contributed by atoms with Gasteiger partial charge in [0.15, 0.2) is 11.5 Å².